The van der Waals surface area contributed by atoms with E-state index in [0.717, 1.165) is 0 Å². The molecule has 196 valence electrons. The van der Waals surface area contributed by atoms with Crippen LogP contribution < -0.4 is 27.4 Å². The van der Waals surface area contributed by atoms with E-state index in [2.05, 4.69) is 10.6 Å². The lowest BCUT2D eigenvalue weighted by Gasteiger charge is -2.24. The van der Waals surface area contributed by atoms with E-state index in [1.807, 2.05) is 5.32 Å². The van der Waals surface area contributed by atoms with Crippen LogP contribution in [-0.2, 0) is 40.0 Å². The summed E-state index contributed by atoms with van der Waals surface area (Å²) in [6, 6.07) is 1.73. The highest BCUT2D eigenvalue weighted by atomic mass is 16.4. The average Bonchev–Trinajstić information content (AvgIpc) is 2.77. The lowest BCUT2D eigenvalue weighted by molar-refractivity contribution is -0.144. The molecule has 10 N–H and O–H groups in total. The Morgan fingerprint density at radius 1 is 0.694 bits per heavy atom. The first-order valence-electron chi connectivity index (χ1n) is 10.5. The second-order valence-corrected chi connectivity index (χ2v) is 7.68. The fourth-order valence-electron chi connectivity index (χ4n) is 2.95. The van der Waals surface area contributed by atoms with Gasteiger partial charge in [0, 0.05) is 6.42 Å². The monoisotopic (exact) mass is 509 g/mol. The molecule has 15 heteroatoms. The van der Waals surface area contributed by atoms with Crippen molar-refractivity contribution in [1.29, 1.82) is 0 Å². The number of carbonyl (C=O) groups is 7. The Bertz CT molecular complexity index is 1000. The molecule has 0 radical (unpaired) electrons. The minimum absolute atomic E-state index is 0.140. The molecule has 0 aliphatic rings. The van der Waals surface area contributed by atoms with Crippen molar-refractivity contribution in [1.82, 2.24) is 16.0 Å². The van der Waals surface area contributed by atoms with Crippen molar-refractivity contribution in [2.75, 3.05) is 0 Å². The Hall–Kier alpha value is -4.53. The van der Waals surface area contributed by atoms with E-state index in [9.17, 15) is 33.6 Å². The average molecular weight is 509 g/mol. The molecular weight excluding hydrogens is 482 g/mol. The van der Waals surface area contributed by atoms with E-state index in [1.54, 1.807) is 30.3 Å². The Balaban J connectivity index is 3.13. The van der Waals surface area contributed by atoms with E-state index >= 15 is 0 Å². The van der Waals surface area contributed by atoms with E-state index in [1.165, 1.54) is 0 Å². The van der Waals surface area contributed by atoms with Gasteiger partial charge in [-0.15, -0.1) is 0 Å². The molecule has 1 aromatic rings. The molecule has 4 amide bonds. The summed E-state index contributed by atoms with van der Waals surface area (Å²) in [5.74, 6) is -8.80. The molecule has 0 aliphatic heterocycles. The Labute approximate surface area is 204 Å². The minimum atomic E-state index is -1.80. The molecular formula is C21H27N5O10. The van der Waals surface area contributed by atoms with Gasteiger partial charge in [-0.2, -0.15) is 0 Å². The van der Waals surface area contributed by atoms with Crippen molar-refractivity contribution in [3.8, 4) is 0 Å². The van der Waals surface area contributed by atoms with Crippen molar-refractivity contribution < 1.29 is 48.9 Å². The van der Waals surface area contributed by atoms with Gasteiger partial charge in [0.05, 0.1) is 25.3 Å². The number of hydrogen-bond acceptors (Lipinski definition) is 8. The molecule has 1 aromatic carbocycles. The zero-order chi connectivity index (χ0) is 27.4. The summed E-state index contributed by atoms with van der Waals surface area (Å²) < 4.78 is 0. The van der Waals surface area contributed by atoms with Gasteiger partial charge in [-0.25, -0.2) is 4.79 Å². The maximum Gasteiger partial charge on any atom is 0.326 e. The first-order valence-corrected chi connectivity index (χ1v) is 10.5. The highest BCUT2D eigenvalue weighted by Crippen LogP contribution is 2.06. The van der Waals surface area contributed by atoms with Crippen LogP contribution in [0.3, 0.4) is 0 Å². The minimum Gasteiger partial charge on any atom is -0.481 e. The zero-order valence-electron chi connectivity index (χ0n) is 18.9. The number of carboxylic acid groups (broad SMARTS) is 3. The van der Waals surface area contributed by atoms with Crippen LogP contribution in [0.5, 0.6) is 0 Å². The molecule has 4 atom stereocenters. The number of rotatable bonds is 15. The number of nitrogens with one attached hydrogen (secondary N) is 3. The summed E-state index contributed by atoms with van der Waals surface area (Å²) in [5, 5.41) is 33.5. The molecule has 0 spiro atoms. The van der Waals surface area contributed by atoms with E-state index in [4.69, 9.17) is 26.8 Å². The molecule has 4 unspecified atom stereocenters. The number of hydrogen-bond donors (Lipinski definition) is 8. The van der Waals surface area contributed by atoms with E-state index in [-0.39, 0.29) is 6.42 Å². The molecule has 0 saturated carbocycles. The van der Waals surface area contributed by atoms with Crippen LogP contribution in [0.4, 0.5) is 0 Å². The number of benzene rings is 1. The third-order valence-electron chi connectivity index (χ3n) is 4.68. The zero-order valence-corrected chi connectivity index (χ0v) is 18.9. The molecule has 36 heavy (non-hydrogen) atoms. The van der Waals surface area contributed by atoms with Gasteiger partial charge in [0.1, 0.15) is 18.1 Å². The maximum absolute atomic E-state index is 13.0. The molecule has 0 heterocycles. The van der Waals surface area contributed by atoms with Gasteiger partial charge in [-0.05, 0) is 5.56 Å². The standard InChI is InChI=1S/C21H27N5O10/c22-11(7-16(28)29)18(32)24-12(6-10-4-2-1-3-5-10)19(33)25-13(9-17(30)31)20(34)26-14(21(35)36)8-15(23)27/h1-5,11-14H,6-9,22H2,(H2,23,27)(H,24,32)(H,25,33)(H,26,34)(H,28,29)(H,30,31)(H,35,36). The van der Waals surface area contributed by atoms with Crippen LogP contribution in [0.15, 0.2) is 30.3 Å². The molecule has 1 rings (SSSR count). The van der Waals surface area contributed by atoms with Gasteiger partial charge < -0.3 is 42.7 Å². The summed E-state index contributed by atoms with van der Waals surface area (Å²) in [7, 11) is 0. The van der Waals surface area contributed by atoms with Crippen molar-refractivity contribution in [2.24, 2.45) is 11.5 Å². The maximum atomic E-state index is 13.0. The Morgan fingerprint density at radius 2 is 1.19 bits per heavy atom. The van der Waals surface area contributed by atoms with Gasteiger partial charge in [-0.1, -0.05) is 30.3 Å². The lowest BCUT2D eigenvalue weighted by Crippen LogP contribution is -2.58. The van der Waals surface area contributed by atoms with Gasteiger partial charge in [0.25, 0.3) is 0 Å². The van der Waals surface area contributed by atoms with E-state index in [0.29, 0.717) is 5.56 Å². The van der Waals surface area contributed by atoms with Crippen LogP contribution >= 0.6 is 0 Å². The molecule has 15 nitrogen and oxygen atoms in total. The number of primary amides is 1. The van der Waals surface area contributed by atoms with Crippen LogP contribution in [0.1, 0.15) is 24.8 Å². The van der Waals surface area contributed by atoms with E-state index < -0.39 is 85.0 Å². The third-order valence-corrected chi connectivity index (χ3v) is 4.68. The predicted molar refractivity (Wildman–Crippen MR) is 120 cm³/mol. The molecule has 0 fully saturated rings. The largest absolute Gasteiger partial charge is 0.481 e. The Morgan fingerprint density at radius 3 is 1.69 bits per heavy atom. The predicted octanol–water partition coefficient (Wildman–Crippen LogP) is -3.08. The normalized spacial score (nSPS) is 13.8. The van der Waals surface area contributed by atoms with Gasteiger partial charge in [0.2, 0.25) is 23.6 Å². The molecule has 0 saturated heterocycles. The second kappa shape index (κ2) is 14.0. The van der Waals surface area contributed by atoms with Crippen molar-refractivity contribution in [2.45, 2.75) is 49.9 Å². The first kappa shape index (κ1) is 29.5. The fourth-order valence-corrected chi connectivity index (χ4v) is 2.95. The quantitative estimate of drug-likeness (QED) is 0.117. The summed E-state index contributed by atoms with van der Waals surface area (Å²) >= 11 is 0. The Kier molecular flexibility index (Phi) is 11.5. The lowest BCUT2D eigenvalue weighted by atomic mass is 10.0. The number of carbonyl (C=O) groups excluding carboxylic acids is 4. The van der Waals surface area contributed by atoms with Crippen LogP contribution in [0.2, 0.25) is 0 Å². The summed E-state index contributed by atoms with van der Waals surface area (Å²) in [6.45, 7) is 0. The topological polar surface area (TPSA) is 268 Å². The highest BCUT2D eigenvalue weighted by Gasteiger charge is 2.32. The van der Waals surface area contributed by atoms with Crippen LogP contribution in [-0.4, -0.2) is 81.0 Å². The first-order chi connectivity index (χ1) is 16.8. The SMILES string of the molecule is NC(=O)CC(NC(=O)C(CC(=O)O)NC(=O)C(Cc1ccccc1)NC(=O)C(N)CC(=O)O)C(=O)O. The van der Waals surface area contributed by atoms with Crippen LogP contribution in [0.25, 0.3) is 0 Å². The van der Waals surface area contributed by atoms with Crippen molar-refractivity contribution >= 4 is 41.5 Å². The van der Waals surface area contributed by atoms with Gasteiger partial charge in [-0.3, -0.25) is 28.8 Å². The number of nitrogens with two attached hydrogens (primary N) is 2. The number of carboxylic acids is 3. The second-order valence-electron chi connectivity index (χ2n) is 7.68. The van der Waals surface area contributed by atoms with Crippen LogP contribution in [0, 0.1) is 0 Å². The van der Waals surface area contributed by atoms with Gasteiger partial charge >= 0.3 is 17.9 Å². The molecule has 0 aromatic heterocycles. The summed E-state index contributed by atoms with van der Waals surface area (Å²) in [4.78, 5) is 82.3. The smallest absolute Gasteiger partial charge is 0.326 e. The number of aliphatic carboxylic acids is 3. The number of amides is 4. The molecule has 0 aliphatic carbocycles. The summed E-state index contributed by atoms with van der Waals surface area (Å²) in [5.41, 5.74) is 11.0. The fraction of sp³-hybridized carbons (Fsp3) is 0.381. The van der Waals surface area contributed by atoms with Crippen molar-refractivity contribution in [3.05, 3.63) is 35.9 Å². The molecule has 0 bridgehead atoms. The highest BCUT2D eigenvalue weighted by molar-refractivity contribution is 5.96. The van der Waals surface area contributed by atoms with Gasteiger partial charge in [0.15, 0.2) is 0 Å². The third kappa shape index (κ3) is 10.6. The summed E-state index contributed by atoms with van der Waals surface area (Å²) in [6.07, 6.45) is -2.63. The van der Waals surface area contributed by atoms with Crippen molar-refractivity contribution in [3.63, 3.8) is 0 Å².